The van der Waals surface area contributed by atoms with Gasteiger partial charge < -0.3 is 19.5 Å². The number of furan rings is 2. The van der Waals surface area contributed by atoms with Crippen LogP contribution in [0.2, 0.25) is 0 Å². The molecule has 0 saturated heterocycles. The lowest BCUT2D eigenvalue weighted by atomic mass is 10.1. The zero-order valence-electron chi connectivity index (χ0n) is 14.5. The molecule has 0 unspecified atom stereocenters. The molecule has 2 aromatic heterocycles. The number of aryl methyl sites for hydroxylation is 1. The van der Waals surface area contributed by atoms with E-state index in [1.165, 1.54) is 6.26 Å². The molecule has 6 nitrogen and oxygen atoms in total. The first-order valence-corrected chi connectivity index (χ1v) is 8.36. The second-order valence-corrected chi connectivity index (χ2v) is 6.02. The summed E-state index contributed by atoms with van der Waals surface area (Å²) in [6.07, 6.45) is 1.44. The van der Waals surface area contributed by atoms with Gasteiger partial charge in [-0.3, -0.25) is 9.59 Å². The molecule has 4 rings (SSSR count). The average Bonchev–Trinajstić information content (AvgIpc) is 3.32. The molecule has 2 heterocycles. The lowest BCUT2D eigenvalue weighted by Gasteiger charge is -2.06. The van der Waals surface area contributed by atoms with Gasteiger partial charge in [-0.25, -0.2) is 0 Å². The maximum absolute atomic E-state index is 12.5. The Labute approximate surface area is 154 Å². The van der Waals surface area contributed by atoms with E-state index >= 15 is 0 Å². The van der Waals surface area contributed by atoms with E-state index in [1.807, 2.05) is 31.2 Å². The molecule has 6 heteroatoms. The molecule has 0 saturated carbocycles. The summed E-state index contributed by atoms with van der Waals surface area (Å²) in [6.45, 7) is 1.86. The molecule has 134 valence electrons. The monoisotopic (exact) mass is 360 g/mol. The minimum absolute atomic E-state index is 0.229. The second-order valence-electron chi connectivity index (χ2n) is 6.02. The summed E-state index contributed by atoms with van der Waals surface area (Å²) >= 11 is 0. The fourth-order valence-electron chi connectivity index (χ4n) is 2.82. The zero-order valence-corrected chi connectivity index (χ0v) is 14.5. The zero-order chi connectivity index (χ0) is 18.8. The number of carbonyl (C=O) groups is 2. The number of nitrogens with one attached hydrogen (secondary N) is 2. The van der Waals surface area contributed by atoms with Crippen molar-refractivity contribution in [1.29, 1.82) is 0 Å². The molecule has 0 atom stereocenters. The second kappa shape index (κ2) is 6.84. The number of fused-ring (bicyclic) bond motifs is 1. The van der Waals surface area contributed by atoms with Crippen LogP contribution in [0.5, 0.6) is 0 Å². The van der Waals surface area contributed by atoms with E-state index in [0.29, 0.717) is 17.0 Å². The molecular formula is C21H16N2O4. The van der Waals surface area contributed by atoms with Crippen LogP contribution in [0.15, 0.2) is 75.8 Å². The third kappa shape index (κ3) is 3.32. The van der Waals surface area contributed by atoms with Crippen molar-refractivity contribution in [1.82, 2.24) is 0 Å². The molecule has 2 aromatic carbocycles. The SMILES string of the molecule is Cc1c(C(=O)Nc2ccc(NC(=O)c3ccco3)cc2)oc2ccccc12. The maximum Gasteiger partial charge on any atom is 0.291 e. The third-order valence-electron chi connectivity index (χ3n) is 4.20. The van der Waals surface area contributed by atoms with Crippen molar-refractivity contribution < 1.29 is 18.4 Å². The lowest BCUT2D eigenvalue weighted by molar-refractivity contribution is 0.0989. The fourth-order valence-corrected chi connectivity index (χ4v) is 2.82. The van der Waals surface area contributed by atoms with Crippen molar-refractivity contribution in [2.75, 3.05) is 10.6 Å². The van der Waals surface area contributed by atoms with Gasteiger partial charge in [0.2, 0.25) is 0 Å². The van der Waals surface area contributed by atoms with Crippen molar-refractivity contribution in [2.45, 2.75) is 6.92 Å². The minimum atomic E-state index is -0.338. The lowest BCUT2D eigenvalue weighted by Crippen LogP contribution is -2.13. The number of benzene rings is 2. The molecule has 0 radical (unpaired) electrons. The van der Waals surface area contributed by atoms with E-state index in [0.717, 1.165) is 10.9 Å². The van der Waals surface area contributed by atoms with Gasteiger partial charge in [-0.1, -0.05) is 18.2 Å². The van der Waals surface area contributed by atoms with Gasteiger partial charge in [0.25, 0.3) is 11.8 Å². The van der Waals surface area contributed by atoms with Gasteiger partial charge in [0.05, 0.1) is 6.26 Å². The molecule has 0 aliphatic heterocycles. The molecule has 0 aliphatic rings. The minimum Gasteiger partial charge on any atom is -0.459 e. The Kier molecular flexibility index (Phi) is 4.22. The standard InChI is InChI=1S/C21H16N2O4/c1-13-16-5-2-3-6-17(16)27-19(13)21(25)23-15-10-8-14(9-11-15)22-20(24)18-7-4-12-26-18/h2-12H,1H3,(H,22,24)(H,23,25). The van der Waals surface area contributed by atoms with Gasteiger partial charge in [0.1, 0.15) is 5.58 Å². The molecular weight excluding hydrogens is 344 g/mol. The summed E-state index contributed by atoms with van der Waals surface area (Å²) < 4.78 is 10.7. The highest BCUT2D eigenvalue weighted by atomic mass is 16.3. The average molecular weight is 360 g/mol. The first-order valence-electron chi connectivity index (χ1n) is 8.36. The van der Waals surface area contributed by atoms with Crippen LogP contribution in [0.25, 0.3) is 11.0 Å². The first-order chi connectivity index (χ1) is 13.1. The Morgan fingerprint density at radius 1 is 0.815 bits per heavy atom. The number of amides is 2. The Hall–Kier alpha value is -3.80. The summed E-state index contributed by atoms with van der Waals surface area (Å²) in [5.41, 5.74) is 2.66. The van der Waals surface area contributed by atoms with E-state index in [1.54, 1.807) is 36.4 Å². The first kappa shape index (κ1) is 16.7. The molecule has 0 aliphatic carbocycles. The van der Waals surface area contributed by atoms with Gasteiger partial charge in [-0.15, -0.1) is 0 Å². The van der Waals surface area contributed by atoms with E-state index in [4.69, 9.17) is 8.83 Å². The van der Waals surface area contributed by atoms with E-state index in [2.05, 4.69) is 10.6 Å². The number of para-hydroxylation sites is 1. The van der Waals surface area contributed by atoms with Crippen LogP contribution in [0.1, 0.15) is 26.7 Å². The highest BCUT2D eigenvalue weighted by Crippen LogP contribution is 2.26. The smallest absolute Gasteiger partial charge is 0.291 e. The molecule has 2 N–H and O–H groups in total. The maximum atomic E-state index is 12.5. The third-order valence-corrected chi connectivity index (χ3v) is 4.20. The van der Waals surface area contributed by atoms with Crippen molar-refractivity contribution in [3.63, 3.8) is 0 Å². The number of hydrogen-bond donors (Lipinski definition) is 2. The highest BCUT2D eigenvalue weighted by molar-refractivity contribution is 6.06. The van der Waals surface area contributed by atoms with Crippen LogP contribution in [-0.2, 0) is 0 Å². The largest absolute Gasteiger partial charge is 0.459 e. The molecule has 4 aromatic rings. The van der Waals surface area contributed by atoms with Crippen molar-refractivity contribution in [3.8, 4) is 0 Å². The van der Waals surface area contributed by atoms with Crippen LogP contribution >= 0.6 is 0 Å². The van der Waals surface area contributed by atoms with Gasteiger partial charge in [0.15, 0.2) is 11.5 Å². The predicted molar refractivity (Wildman–Crippen MR) is 102 cm³/mol. The summed E-state index contributed by atoms with van der Waals surface area (Å²) in [5, 5.41) is 6.44. The van der Waals surface area contributed by atoms with Crippen LogP contribution < -0.4 is 10.6 Å². The summed E-state index contributed by atoms with van der Waals surface area (Å²) in [6, 6.07) is 17.5. The summed E-state index contributed by atoms with van der Waals surface area (Å²) in [4.78, 5) is 24.5. The Morgan fingerprint density at radius 3 is 2.11 bits per heavy atom. The van der Waals surface area contributed by atoms with Crippen LogP contribution in [0.3, 0.4) is 0 Å². The number of anilines is 2. The van der Waals surface area contributed by atoms with E-state index in [9.17, 15) is 9.59 Å². The van der Waals surface area contributed by atoms with Crippen LogP contribution in [0, 0.1) is 6.92 Å². The van der Waals surface area contributed by atoms with Crippen molar-refractivity contribution in [2.24, 2.45) is 0 Å². The van der Waals surface area contributed by atoms with Crippen molar-refractivity contribution >= 4 is 34.2 Å². The van der Waals surface area contributed by atoms with Crippen LogP contribution in [-0.4, -0.2) is 11.8 Å². The Balaban J connectivity index is 1.47. The van der Waals surface area contributed by atoms with E-state index in [-0.39, 0.29) is 23.3 Å². The molecule has 0 fully saturated rings. The van der Waals surface area contributed by atoms with Gasteiger partial charge in [-0.2, -0.15) is 0 Å². The fraction of sp³-hybridized carbons (Fsp3) is 0.0476. The number of rotatable bonds is 4. The number of carbonyl (C=O) groups excluding carboxylic acids is 2. The molecule has 27 heavy (non-hydrogen) atoms. The van der Waals surface area contributed by atoms with Gasteiger partial charge >= 0.3 is 0 Å². The normalized spacial score (nSPS) is 10.7. The topological polar surface area (TPSA) is 84.5 Å². The molecule has 0 spiro atoms. The van der Waals surface area contributed by atoms with Gasteiger partial charge in [0, 0.05) is 22.3 Å². The summed E-state index contributed by atoms with van der Waals surface area (Å²) in [7, 11) is 0. The Morgan fingerprint density at radius 2 is 1.48 bits per heavy atom. The highest BCUT2D eigenvalue weighted by Gasteiger charge is 2.17. The summed E-state index contributed by atoms with van der Waals surface area (Å²) in [5.74, 6) is -0.148. The number of hydrogen-bond acceptors (Lipinski definition) is 4. The predicted octanol–water partition coefficient (Wildman–Crippen LogP) is 4.84. The molecule has 0 bridgehead atoms. The van der Waals surface area contributed by atoms with Gasteiger partial charge in [-0.05, 0) is 49.4 Å². The molecule has 2 amide bonds. The Bertz CT molecular complexity index is 1110. The van der Waals surface area contributed by atoms with Crippen LogP contribution in [0.4, 0.5) is 11.4 Å². The van der Waals surface area contributed by atoms with Crippen molar-refractivity contribution in [3.05, 3.63) is 84.0 Å². The quantitative estimate of drug-likeness (QED) is 0.545. The van der Waals surface area contributed by atoms with E-state index < -0.39 is 0 Å².